The van der Waals surface area contributed by atoms with Gasteiger partial charge in [-0.25, -0.2) is 4.98 Å². The van der Waals surface area contributed by atoms with E-state index in [-0.39, 0.29) is 19.1 Å². The smallest absolute Gasteiger partial charge is 0.313 e. The molecule has 2 rings (SSSR count). The first-order valence-corrected chi connectivity index (χ1v) is 8.72. The monoisotopic (exact) mass is 404 g/mol. The highest BCUT2D eigenvalue weighted by atomic mass is 16.5. The Labute approximate surface area is 168 Å². The topological polar surface area (TPSA) is 132 Å². The summed E-state index contributed by atoms with van der Waals surface area (Å²) in [5, 5.41) is 7.70. The van der Waals surface area contributed by atoms with Crippen molar-refractivity contribution in [3.05, 3.63) is 30.8 Å². The SMILES string of the molecule is COCC(=O)NCC(C)(C)NC(=O)C(=O)Nc1ccc(-c2cnco2)c(OC)c1. The molecule has 0 unspecified atom stereocenters. The number of anilines is 1. The summed E-state index contributed by atoms with van der Waals surface area (Å²) in [7, 11) is 2.89. The highest BCUT2D eigenvalue weighted by Gasteiger charge is 2.25. The number of amides is 3. The number of benzene rings is 1. The van der Waals surface area contributed by atoms with Crippen LogP contribution in [-0.2, 0) is 19.1 Å². The molecule has 0 atom stereocenters. The first-order chi connectivity index (χ1) is 13.8. The van der Waals surface area contributed by atoms with Gasteiger partial charge in [0.05, 0.1) is 24.4 Å². The fraction of sp³-hybridized carbons (Fsp3) is 0.368. The number of aromatic nitrogens is 1. The van der Waals surface area contributed by atoms with E-state index in [4.69, 9.17) is 13.9 Å². The average Bonchev–Trinajstić information content (AvgIpc) is 3.20. The molecule has 1 aromatic carbocycles. The van der Waals surface area contributed by atoms with Gasteiger partial charge in [0.25, 0.3) is 0 Å². The van der Waals surface area contributed by atoms with Crippen LogP contribution in [0.5, 0.6) is 5.75 Å². The third-order valence-corrected chi connectivity index (χ3v) is 3.82. The number of nitrogens with one attached hydrogen (secondary N) is 3. The number of hydrogen-bond donors (Lipinski definition) is 3. The average molecular weight is 404 g/mol. The summed E-state index contributed by atoms with van der Waals surface area (Å²) < 4.78 is 15.3. The molecule has 10 nitrogen and oxygen atoms in total. The van der Waals surface area contributed by atoms with E-state index in [1.54, 1.807) is 32.0 Å². The van der Waals surface area contributed by atoms with E-state index in [9.17, 15) is 14.4 Å². The molecule has 0 saturated carbocycles. The van der Waals surface area contributed by atoms with Crippen LogP contribution in [-0.4, -0.2) is 55.6 Å². The molecule has 0 aliphatic heterocycles. The normalized spacial score (nSPS) is 10.9. The van der Waals surface area contributed by atoms with Gasteiger partial charge in [-0.05, 0) is 26.0 Å². The summed E-state index contributed by atoms with van der Waals surface area (Å²) in [6, 6.07) is 4.86. The van der Waals surface area contributed by atoms with Crippen LogP contribution in [0.25, 0.3) is 11.3 Å². The van der Waals surface area contributed by atoms with Gasteiger partial charge in [0.15, 0.2) is 12.2 Å². The first kappa shape index (κ1) is 21.9. The largest absolute Gasteiger partial charge is 0.496 e. The van der Waals surface area contributed by atoms with Gasteiger partial charge in [0, 0.05) is 25.4 Å². The molecule has 1 heterocycles. The Morgan fingerprint density at radius 1 is 1.17 bits per heavy atom. The molecule has 0 radical (unpaired) electrons. The predicted octanol–water partition coefficient (Wildman–Crippen LogP) is 0.946. The van der Waals surface area contributed by atoms with Crippen molar-refractivity contribution < 1.29 is 28.3 Å². The van der Waals surface area contributed by atoms with Crippen LogP contribution in [0.15, 0.2) is 35.2 Å². The van der Waals surface area contributed by atoms with Gasteiger partial charge in [0.1, 0.15) is 12.4 Å². The van der Waals surface area contributed by atoms with Crippen LogP contribution in [0, 0.1) is 0 Å². The minimum atomic E-state index is -0.851. The van der Waals surface area contributed by atoms with Crippen LogP contribution >= 0.6 is 0 Å². The molecular formula is C19H24N4O6. The van der Waals surface area contributed by atoms with Gasteiger partial charge >= 0.3 is 11.8 Å². The quantitative estimate of drug-likeness (QED) is 0.558. The molecule has 0 spiro atoms. The number of methoxy groups -OCH3 is 2. The molecule has 3 amide bonds. The van der Waals surface area contributed by atoms with Crippen molar-refractivity contribution in [1.82, 2.24) is 15.6 Å². The molecule has 10 heteroatoms. The Balaban J connectivity index is 1.98. The minimum absolute atomic E-state index is 0.0869. The molecule has 156 valence electrons. The molecular weight excluding hydrogens is 380 g/mol. The molecule has 1 aromatic heterocycles. The zero-order valence-electron chi connectivity index (χ0n) is 16.7. The number of hydrogen-bond acceptors (Lipinski definition) is 7. The van der Waals surface area contributed by atoms with Crippen molar-refractivity contribution >= 4 is 23.4 Å². The van der Waals surface area contributed by atoms with Crippen LogP contribution in [0.1, 0.15) is 13.8 Å². The van der Waals surface area contributed by atoms with Gasteiger partial charge < -0.3 is 29.8 Å². The van der Waals surface area contributed by atoms with E-state index in [0.717, 1.165) is 0 Å². The molecule has 29 heavy (non-hydrogen) atoms. The van der Waals surface area contributed by atoms with Gasteiger partial charge in [-0.2, -0.15) is 0 Å². The maximum atomic E-state index is 12.2. The van der Waals surface area contributed by atoms with E-state index in [1.165, 1.54) is 26.8 Å². The number of carbonyl (C=O) groups is 3. The summed E-state index contributed by atoms with van der Waals surface area (Å²) in [4.78, 5) is 39.8. The third kappa shape index (κ3) is 6.32. The Morgan fingerprint density at radius 2 is 1.93 bits per heavy atom. The Kier molecular flexibility index (Phi) is 7.32. The second-order valence-electron chi connectivity index (χ2n) is 6.78. The summed E-state index contributed by atoms with van der Waals surface area (Å²) in [6.07, 6.45) is 2.84. The maximum absolute atomic E-state index is 12.2. The lowest BCUT2D eigenvalue weighted by Gasteiger charge is -2.26. The molecule has 0 fully saturated rings. The highest BCUT2D eigenvalue weighted by Crippen LogP contribution is 2.32. The standard InChI is InChI=1S/C19H24N4O6/c1-19(2,10-21-16(24)9-27-3)23-18(26)17(25)22-12-5-6-13(14(7-12)28-4)15-8-20-11-29-15/h5-8,11H,9-10H2,1-4H3,(H,21,24)(H,22,25)(H,23,26). The summed E-state index contributed by atoms with van der Waals surface area (Å²) in [5.41, 5.74) is 0.183. The van der Waals surface area contributed by atoms with Gasteiger partial charge in [-0.3, -0.25) is 14.4 Å². The number of ether oxygens (including phenoxy) is 2. The summed E-state index contributed by atoms with van der Waals surface area (Å²) in [5.74, 6) is -1.06. The lowest BCUT2D eigenvalue weighted by Crippen LogP contribution is -2.54. The van der Waals surface area contributed by atoms with Crippen molar-refractivity contribution in [2.45, 2.75) is 19.4 Å². The number of nitrogens with zero attached hydrogens (tertiary/aromatic N) is 1. The van der Waals surface area contributed by atoms with Crippen molar-refractivity contribution in [3.8, 4) is 17.1 Å². The number of rotatable bonds is 8. The zero-order valence-corrected chi connectivity index (χ0v) is 16.7. The molecule has 3 N–H and O–H groups in total. The Bertz CT molecular complexity index is 864. The Hall–Kier alpha value is -3.40. The second-order valence-corrected chi connectivity index (χ2v) is 6.78. The van der Waals surface area contributed by atoms with E-state index in [1.807, 2.05) is 0 Å². The molecule has 0 aliphatic carbocycles. The molecule has 0 saturated heterocycles. The first-order valence-electron chi connectivity index (χ1n) is 8.72. The summed E-state index contributed by atoms with van der Waals surface area (Å²) >= 11 is 0. The predicted molar refractivity (Wildman–Crippen MR) is 104 cm³/mol. The maximum Gasteiger partial charge on any atom is 0.313 e. The van der Waals surface area contributed by atoms with Crippen molar-refractivity contribution in [2.75, 3.05) is 32.7 Å². The van der Waals surface area contributed by atoms with Crippen LogP contribution in [0.3, 0.4) is 0 Å². The third-order valence-electron chi connectivity index (χ3n) is 3.82. The van der Waals surface area contributed by atoms with Crippen LogP contribution < -0.4 is 20.7 Å². The second kappa shape index (κ2) is 9.69. The van der Waals surface area contributed by atoms with Crippen LogP contribution in [0.4, 0.5) is 5.69 Å². The lowest BCUT2D eigenvalue weighted by molar-refractivity contribution is -0.137. The fourth-order valence-electron chi connectivity index (χ4n) is 2.42. The van der Waals surface area contributed by atoms with E-state index >= 15 is 0 Å². The van der Waals surface area contributed by atoms with Crippen molar-refractivity contribution in [2.24, 2.45) is 0 Å². The number of oxazole rings is 1. The zero-order chi connectivity index (χ0) is 21.4. The van der Waals surface area contributed by atoms with Crippen molar-refractivity contribution in [3.63, 3.8) is 0 Å². The highest BCUT2D eigenvalue weighted by molar-refractivity contribution is 6.39. The van der Waals surface area contributed by atoms with Crippen LogP contribution in [0.2, 0.25) is 0 Å². The van der Waals surface area contributed by atoms with Gasteiger partial charge in [0.2, 0.25) is 5.91 Å². The van der Waals surface area contributed by atoms with E-state index in [0.29, 0.717) is 22.8 Å². The molecule has 2 aromatic rings. The van der Waals surface area contributed by atoms with E-state index in [2.05, 4.69) is 20.9 Å². The minimum Gasteiger partial charge on any atom is -0.496 e. The lowest BCUT2D eigenvalue weighted by atomic mass is 10.1. The van der Waals surface area contributed by atoms with E-state index < -0.39 is 17.4 Å². The Morgan fingerprint density at radius 3 is 2.55 bits per heavy atom. The number of carbonyl (C=O) groups excluding carboxylic acids is 3. The molecule has 0 bridgehead atoms. The summed E-state index contributed by atoms with van der Waals surface area (Å²) in [6.45, 7) is 3.41. The fourth-order valence-corrected chi connectivity index (χ4v) is 2.42. The van der Waals surface area contributed by atoms with Gasteiger partial charge in [-0.15, -0.1) is 0 Å². The van der Waals surface area contributed by atoms with Crippen molar-refractivity contribution in [1.29, 1.82) is 0 Å². The molecule has 0 aliphatic rings. The van der Waals surface area contributed by atoms with Gasteiger partial charge in [-0.1, -0.05) is 0 Å².